The number of hydrogen-bond acceptors (Lipinski definition) is 4. The van der Waals surface area contributed by atoms with Crippen molar-refractivity contribution >= 4 is 23.3 Å². The molecule has 2 aromatic rings. The maximum atomic E-state index is 12.9. The van der Waals surface area contributed by atoms with Gasteiger partial charge in [0.1, 0.15) is 11.8 Å². The summed E-state index contributed by atoms with van der Waals surface area (Å²) < 4.78 is 0. The van der Waals surface area contributed by atoms with Crippen molar-refractivity contribution in [3.8, 4) is 6.07 Å². The molecular weight excluding hydrogens is 416 g/mol. The number of aromatic amines is 1. The highest BCUT2D eigenvalue weighted by molar-refractivity contribution is 6.05. The summed E-state index contributed by atoms with van der Waals surface area (Å²) in [5.41, 5.74) is 4.01. The predicted octanol–water partition coefficient (Wildman–Crippen LogP) is 3.85. The molecule has 4 rings (SSSR count). The van der Waals surface area contributed by atoms with E-state index in [0.717, 1.165) is 42.9 Å². The van der Waals surface area contributed by atoms with Crippen LogP contribution in [0.3, 0.4) is 0 Å². The summed E-state index contributed by atoms with van der Waals surface area (Å²) in [5, 5.41) is 12.1. The van der Waals surface area contributed by atoms with E-state index in [2.05, 4.69) is 35.1 Å². The van der Waals surface area contributed by atoms with E-state index in [9.17, 15) is 9.59 Å². The first-order valence-electron chi connectivity index (χ1n) is 11.4. The summed E-state index contributed by atoms with van der Waals surface area (Å²) >= 11 is 0. The normalized spacial score (nSPS) is 18.9. The number of carbonyl (C=O) groups excluding carboxylic acids is 2. The minimum absolute atomic E-state index is 0.0382. The first-order chi connectivity index (χ1) is 15.7. The third kappa shape index (κ3) is 4.82. The maximum Gasteiger partial charge on any atom is 0.319 e. The zero-order valence-corrected chi connectivity index (χ0v) is 19.8. The van der Waals surface area contributed by atoms with Gasteiger partial charge in [-0.25, -0.2) is 4.79 Å². The smallest absolute Gasteiger partial charge is 0.319 e. The van der Waals surface area contributed by atoms with Crippen molar-refractivity contribution in [3.05, 3.63) is 47.3 Å². The minimum Gasteiger partial charge on any atom is -0.370 e. The molecule has 0 saturated carbocycles. The number of H-pyrrole nitrogens is 1. The number of hydrogen-bond donors (Lipinski definition) is 2. The molecule has 33 heavy (non-hydrogen) atoms. The molecule has 0 radical (unpaired) electrons. The largest absolute Gasteiger partial charge is 0.370 e. The molecule has 1 aromatic carbocycles. The molecule has 174 valence electrons. The van der Waals surface area contributed by atoms with E-state index in [1.807, 2.05) is 32.3 Å². The number of nitrogens with zero attached hydrogens (tertiary/aromatic N) is 4. The second kappa shape index (κ2) is 8.81. The maximum absolute atomic E-state index is 12.9. The lowest BCUT2D eigenvalue weighted by molar-refractivity contribution is 0.102. The zero-order chi connectivity index (χ0) is 23.8. The topological polar surface area (TPSA) is 95.5 Å². The lowest BCUT2D eigenvalue weighted by Gasteiger charge is -2.40. The van der Waals surface area contributed by atoms with Gasteiger partial charge >= 0.3 is 6.03 Å². The molecule has 8 heteroatoms. The highest BCUT2D eigenvalue weighted by Crippen LogP contribution is 2.37. The van der Waals surface area contributed by atoms with Crippen LogP contribution in [0.15, 0.2) is 30.5 Å². The fraction of sp³-hybridized carbons (Fsp3) is 0.480. The van der Waals surface area contributed by atoms with Crippen LogP contribution in [0.25, 0.3) is 0 Å². The molecule has 2 aliphatic heterocycles. The average Bonchev–Trinajstić information content (AvgIpc) is 3.27. The Balaban J connectivity index is 1.63. The molecular formula is C25H32N6O2. The van der Waals surface area contributed by atoms with E-state index in [0.29, 0.717) is 29.8 Å². The van der Waals surface area contributed by atoms with Gasteiger partial charge in [-0.1, -0.05) is 19.9 Å². The summed E-state index contributed by atoms with van der Waals surface area (Å²) in [6.45, 7) is 7.77. The molecule has 0 aliphatic carbocycles. The van der Waals surface area contributed by atoms with Crippen molar-refractivity contribution < 1.29 is 9.59 Å². The Labute approximate surface area is 195 Å². The molecule has 0 atom stereocenters. The van der Waals surface area contributed by atoms with Gasteiger partial charge in [0.2, 0.25) is 0 Å². The van der Waals surface area contributed by atoms with Crippen LogP contribution in [-0.2, 0) is 0 Å². The van der Waals surface area contributed by atoms with Crippen LogP contribution in [0, 0.1) is 16.7 Å². The van der Waals surface area contributed by atoms with E-state index in [4.69, 9.17) is 5.26 Å². The first kappa shape index (κ1) is 22.7. The first-order valence-corrected chi connectivity index (χ1v) is 11.4. The van der Waals surface area contributed by atoms with Gasteiger partial charge in [0.25, 0.3) is 5.91 Å². The Morgan fingerprint density at radius 1 is 1.15 bits per heavy atom. The number of nitriles is 1. The van der Waals surface area contributed by atoms with Crippen molar-refractivity contribution in [1.82, 2.24) is 14.8 Å². The molecule has 2 saturated heterocycles. The number of amides is 3. The number of benzene rings is 1. The number of nitrogens with one attached hydrogen (secondary N) is 2. The molecule has 3 heterocycles. The number of piperidine rings is 1. The van der Waals surface area contributed by atoms with E-state index < -0.39 is 0 Å². The standard InChI is InChI=1S/C25H32N6O2/c1-25(2)7-9-31(10-8-25)22-12-18(19-15-29(3)24(33)30(4)16-19)5-6-20(22)28-23(32)21-11-17(13-26)14-27-21/h5-6,11-12,14,19,27H,7-10,15-16H2,1-4H3,(H,28,32). The van der Waals surface area contributed by atoms with E-state index in [1.54, 1.807) is 15.9 Å². The highest BCUT2D eigenvalue weighted by Gasteiger charge is 2.30. The summed E-state index contributed by atoms with van der Waals surface area (Å²) in [6.07, 6.45) is 3.69. The van der Waals surface area contributed by atoms with Crippen molar-refractivity contribution in [2.45, 2.75) is 32.6 Å². The van der Waals surface area contributed by atoms with E-state index in [1.165, 1.54) is 6.20 Å². The molecule has 3 amide bonds. The van der Waals surface area contributed by atoms with Crippen LogP contribution >= 0.6 is 0 Å². The van der Waals surface area contributed by atoms with Crippen LogP contribution in [0.5, 0.6) is 0 Å². The molecule has 2 fully saturated rings. The van der Waals surface area contributed by atoms with Gasteiger partial charge in [-0.3, -0.25) is 4.79 Å². The fourth-order valence-corrected chi connectivity index (χ4v) is 4.68. The molecule has 2 aliphatic rings. The van der Waals surface area contributed by atoms with Crippen molar-refractivity contribution in [2.24, 2.45) is 5.41 Å². The molecule has 0 spiro atoms. The quantitative estimate of drug-likeness (QED) is 0.743. The summed E-state index contributed by atoms with van der Waals surface area (Å²) in [7, 11) is 3.66. The summed E-state index contributed by atoms with van der Waals surface area (Å²) in [4.78, 5) is 33.8. The Bertz CT molecular complexity index is 1070. The lowest BCUT2D eigenvalue weighted by Crippen LogP contribution is -2.49. The van der Waals surface area contributed by atoms with E-state index in [-0.39, 0.29) is 17.9 Å². The summed E-state index contributed by atoms with van der Waals surface area (Å²) in [5.74, 6) is -0.0744. The van der Waals surface area contributed by atoms with Gasteiger partial charge in [0.15, 0.2) is 0 Å². The van der Waals surface area contributed by atoms with Crippen LogP contribution in [-0.4, -0.2) is 67.0 Å². The monoisotopic (exact) mass is 448 g/mol. The Kier molecular flexibility index (Phi) is 6.07. The van der Waals surface area contributed by atoms with Gasteiger partial charge in [0.05, 0.1) is 16.9 Å². The van der Waals surface area contributed by atoms with Crippen LogP contribution in [0.1, 0.15) is 54.2 Å². The Morgan fingerprint density at radius 2 is 1.82 bits per heavy atom. The minimum atomic E-state index is -0.273. The third-order valence-corrected chi connectivity index (χ3v) is 6.90. The number of urea groups is 1. The van der Waals surface area contributed by atoms with E-state index >= 15 is 0 Å². The average molecular weight is 449 g/mol. The van der Waals surface area contributed by atoms with Gasteiger partial charge in [-0.15, -0.1) is 0 Å². The van der Waals surface area contributed by atoms with Crippen LogP contribution in [0.2, 0.25) is 0 Å². The predicted molar refractivity (Wildman–Crippen MR) is 129 cm³/mol. The van der Waals surface area contributed by atoms with Gasteiger partial charge in [-0.05, 0) is 42.0 Å². The summed E-state index contributed by atoms with van der Waals surface area (Å²) in [6, 6.07) is 9.81. The fourth-order valence-electron chi connectivity index (χ4n) is 4.68. The Hall–Kier alpha value is -3.47. The van der Waals surface area contributed by atoms with Gasteiger partial charge < -0.3 is 25.0 Å². The third-order valence-electron chi connectivity index (χ3n) is 6.90. The molecule has 1 aromatic heterocycles. The van der Waals surface area contributed by atoms with Crippen LogP contribution in [0.4, 0.5) is 16.2 Å². The SMILES string of the molecule is CN1CC(c2ccc(NC(=O)c3cc(C#N)c[nH]3)c(N3CCC(C)(C)CC3)c2)CN(C)C1=O. The molecule has 0 unspecified atom stereocenters. The number of carbonyl (C=O) groups is 2. The highest BCUT2D eigenvalue weighted by atomic mass is 16.2. The van der Waals surface area contributed by atoms with Gasteiger partial charge in [-0.2, -0.15) is 5.26 Å². The second-order valence-electron chi connectivity index (χ2n) is 10.0. The number of aromatic nitrogens is 1. The van der Waals surface area contributed by atoms with Crippen LogP contribution < -0.4 is 10.2 Å². The molecule has 8 nitrogen and oxygen atoms in total. The zero-order valence-electron chi connectivity index (χ0n) is 19.8. The second-order valence-corrected chi connectivity index (χ2v) is 10.0. The number of rotatable bonds is 4. The number of likely N-dealkylation sites (N-methyl/N-ethyl adjacent to an activating group) is 2. The van der Waals surface area contributed by atoms with Gasteiger partial charge in [0, 0.05) is 52.4 Å². The molecule has 0 bridgehead atoms. The van der Waals surface area contributed by atoms with Crippen molar-refractivity contribution in [2.75, 3.05) is 50.5 Å². The van der Waals surface area contributed by atoms with Crippen molar-refractivity contribution in [3.63, 3.8) is 0 Å². The number of anilines is 2. The van der Waals surface area contributed by atoms with Crippen molar-refractivity contribution in [1.29, 1.82) is 5.26 Å². The molecule has 2 N–H and O–H groups in total. The Morgan fingerprint density at radius 3 is 2.42 bits per heavy atom. The lowest BCUT2D eigenvalue weighted by atomic mass is 9.82.